The Bertz CT molecular complexity index is 686. The Morgan fingerprint density at radius 3 is 2.31 bits per heavy atom. The Labute approximate surface area is 175 Å². The maximum atomic E-state index is 13.1. The zero-order valence-corrected chi connectivity index (χ0v) is 17.4. The molecular formula is C26H34FNO. The molecule has 3 rings (SSSR count). The lowest BCUT2D eigenvalue weighted by atomic mass is 9.79. The Morgan fingerprint density at radius 1 is 0.931 bits per heavy atom. The van der Waals surface area contributed by atoms with Crippen LogP contribution in [0.2, 0.25) is 0 Å². The van der Waals surface area contributed by atoms with Gasteiger partial charge in [0, 0.05) is 12.7 Å². The molecule has 0 heterocycles. The third kappa shape index (κ3) is 7.44. The van der Waals surface area contributed by atoms with Crippen LogP contribution in [-0.4, -0.2) is 12.7 Å². The van der Waals surface area contributed by atoms with E-state index in [1.54, 1.807) is 18.2 Å². The fraction of sp³-hybridized carbons (Fsp3) is 0.577. The number of benzene rings is 1. The van der Waals surface area contributed by atoms with E-state index < -0.39 is 0 Å². The summed E-state index contributed by atoms with van der Waals surface area (Å²) < 4.78 is 19.4. The first-order valence-corrected chi connectivity index (χ1v) is 11.3. The fourth-order valence-electron chi connectivity index (χ4n) is 4.86. The molecule has 0 atom stereocenters. The summed E-state index contributed by atoms with van der Waals surface area (Å²) >= 11 is 0. The quantitative estimate of drug-likeness (QED) is 0.348. The van der Waals surface area contributed by atoms with Crippen molar-refractivity contribution in [1.29, 1.82) is 5.26 Å². The summed E-state index contributed by atoms with van der Waals surface area (Å²) in [6.07, 6.45) is 20.1. The van der Waals surface area contributed by atoms with E-state index in [1.165, 1.54) is 69.4 Å². The van der Waals surface area contributed by atoms with Gasteiger partial charge in [-0.25, -0.2) is 4.39 Å². The summed E-state index contributed by atoms with van der Waals surface area (Å²) in [5.74, 6) is 1.96. The van der Waals surface area contributed by atoms with E-state index in [9.17, 15) is 4.39 Å². The Hall–Kier alpha value is -1.92. The highest BCUT2D eigenvalue weighted by atomic mass is 19.1. The number of hydrogen-bond donors (Lipinski definition) is 0. The molecule has 0 amide bonds. The molecule has 29 heavy (non-hydrogen) atoms. The maximum Gasteiger partial charge on any atom is 0.123 e. The zero-order valence-electron chi connectivity index (χ0n) is 17.4. The predicted molar refractivity (Wildman–Crippen MR) is 116 cm³/mol. The molecule has 0 aliphatic heterocycles. The van der Waals surface area contributed by atoms with E-state index in [1.807, 2.05) is 24.3 Å². The van der Waals surface area contributed by atoms with Crippen molar-refractivity contribution in [3.05, 3.63) is 60.0 Å². The second kappa shape index (κ2) is 11.9. The molecule has 0 saturated heterocycles. The molecule has 2 nitrogen and oxygen atoms in total. The lowest BCUT2D eigenvalue weighted by Crippen LogP contribution is -2.25. The minimum atomic E-state index is -0.144. The summed E-state index contributed by atoms with van der Waals surface area (Å²) in [4.78, 5) is 0. The van der Waals surface area contributed by atoms with Crippen molar-refractivity contribution in [2.24, 2.45) is 11.8 Å². The summed E-state index contributed by atoms with van der Waals surface area (Å²) in [7, 11) is 0. The first kappa shape index (κ1) is 21.8. The van der Waals surface area contributed by atoms with Crippen LogP contribution >= 0.6 is 0 Å². The molecule has 1 aromatic carbocycles. The predicted octanol–water partition coefficient (Wildman–Crippen LogP) is 7.09. The SMILES string of the molecule is N#C/C=C/C=C/CC[C@H]1CC[C@H](OC[C@H]2CC[C@H](c3ccc(F)cc3)CC2)CC1. The summed E-state index contributed by atoms with van der Waals surface area (Å²) in [6, 6.07) is 9.08. The van der Waals surface area contributed by atoms with E-state index in [0.29, 0.717) is 17.9 Å². The minimum Gasteiger partial charge on any atom is -0.378 e. The van der Waals surface area contributed by atoms with E-state index in [4.69, 9.17) is 10.00 Å². The second-order valence-electron chi connectivity index (χ2n) is 8.74. The van der Waals surface area contributed by atoms with Crippen molar-refractivity contribution in [1.82, 2.24) is 0 Å². The topological polar surface area (TPSA) is 33.0 Å². The molecule has 0 aromatic heterocycles. The van der Waals surface area contributed by atoms with Crippen molar-refractivity contribution in [2.75, 3.05) is 6.61 Å². The molecule has 0 spiro atoms. The molecule has 3 heteroatoms. The summed E-state index contributed by atoms with van der Waals surface area (Å²) in [6.45, 7) is 0.916. The number of hydrogen-bond acceptors (Lipinski definition) is 2. The molecule has 156 valence electrons. The average Bonchev–Trinajstić information content (AvgIpc) is 2.76. The number of ether oxygens (including phenoxy) is 1. The number of nitriles is 1. The highest BCUT2D eigenvalue weighted by Gasteiger charge is 2.25. The van der Waals surface area contributed by atoms with Crippen LogP contribution in [0.15, 0.2) is 48.6 Å². The van der Waals surface area contributed by atoms with Crippen molar-refractivity contribution in [2.45, 2.75) is 76.2 Å². The Morgan fingerprint density at radius 2 is 1.62 bits per heavy atom. The van der Waals surface area contributed by atoms with Gasteiger partial charge in [-0.05, 0) is 99.7 Å². The van der Waals surface area contributed by atoms with E-state index in [2.05, 4.69) is 6.08 Å². The van der Waals surface area contributed by atoms with Gasteiger partial charge < -0.3 is 4.74 Å². The average molecular weight is 396 g/mol. The van der Waals surface area contributed by atoms with Crippen LogP contribution in [0.3, 0.4) is 0 Å². The summed E-state index contributed by atoms with van der Waals surface area (Å²) in [5, 5.41) is 8.45. The van der Waals surface area contributed by atoms with Crippen LogP contribution in [-0.2, 0) is 4.74 Å². The standard InChI is InChI=1S/C26H34FNO/c27-25-15-13-24(14-16-25)23-11-7-22(8-12-23)20-29-26-17-9-21(10-18-26)6-4-2-1-3-5-19-28/h1-3,5,13-16,21-23,26H,4,6-12,17-18,20H2/b2-1+,5-3+/t21-,22-,23-,26-. The molecule has 2 fully saturated rings. The van der Waals surface area contributed by atoms with Gasteiger partial charge in [-0.15, -0.1) is 0 Å². The van der Waals surface area contributed by atoms with Crippen molar-refractivity contribution in [3.8, 4) is 6.07 Å². The first-order valence-electron chi connectivity index (χ1n) is 11.3. The minimum absolute atomic E-state index is 0.144. The third-order valence-corrected chi connectivity index (χ3v) is 6.71. The van der Waals surface area contributed by atoms with Crippen LogP contribution in [0.25, 0.3) is 0 Å². The number of rotatable bonds is 8. The smallest absolute Gasteiger partial charge is 0.123 e. The molecule has 2 aliphatic carbocycles. The molecule has 2 aliphatic rings. The van der Waals surface area contributed by atoms with Crippen LogP contribution in [0.5, 0.6) is 0 Å². The third-order valence-electron chi connectivity index (χ3n) is 6.71. The van der Waals surface area contributed by atoms with Gasteiger partial charge in [0.1, 0.15) is 5.82 Å². The van der Waals surface area contributed by atoms with Crippen molar-refractivity contribution >= 4 is 0 Å². The lowest BCUT2D eigenvalue weighted by Gasteiger charge is -2.32. The van der Waals surface area contributed by atoms with E-state index >= 15 is 0 Å². The van der Waals surface area contributed by atoms with Crippen LogP contribution < -0.4 is 0 Å². The Balaban J connectivity index is 1.27. The van der Waals surface area contributed by atoms with E-state index in [-0.39, 0.29) is 5.82 Å². The van der Waals surface area contributed by atoms with Gasteiger partial charge in [-0.2, -0.15) is 5.26 Å². The normalized spacial score (nSPS) is 28.0. The van der Waals surface area contributed by atoms with Crippen molar-refractivity contribution in [3.63, 3.8) is 0 Å². The van der Waals surface area contributed by atoms with Gasteiger partial charge in [0.2, 0.25) is 0 Å². The van der Waals surface area contributed by atoms with Gasteiger partial charge in [0.25, 0.3) is 0 Å². The molecular weight excluding hydrogens is 361 g/mol. The van der Waals surface area contributed by atoms with E-state index in [0.717, 1.165) is 18.9 Å². The molecule has 0 bridgehead atoms. The van der Waals surface area contributed by atoms with Crippen LogP contribution in [0, 0.1) is 29.0 Å². The van der Waals surface area contributed by atoms with Gasteiger partial charge in [-0.3, -0.25) is 0 Å². The maximum absolute atomic E-state index is 13.1. The van der Waals surface area contributed by atoms with Gasteiger partial charge in [0.15, 0.2) is 0 Å². The van der Waals surface area contributed by atoms with Crippen molar-refractivity contribution < 1.29 is 9.13 Å². The molecule has 1 aromatic rings. The monoisotopic (exact) mass is 395 g/mol. The molecule has 0 N–H and O–H groups in total. The van der Waals surface area contributed by atoms with Crippen LogP contribution in [0.4, 0.5) is 4.39 Å². The molecule has 2 saturated carbocycles. The largest absolute Gasteiger partial charge is 0.378 e. The van der Waals surface area contributed by atoms with Gasteiger partial charge >= 0.3 is 0 Å². The molecule has 0 radical (unpaired) electrons. The first-order chi connectivity index (χ1) is 14.2. The molecule has 0 unspecified atom stereocenters. The number of allylic oxidation sites excluding steroid dienone is 4. The van der Waals surface area contributed by atoms with Gasteiger partial charge in [0.05, 0.1) is 12.2 Å². The summed E-state index contributed by atoms with van der Waals surface area (Å²) in [5.41, 5.74) is 1.29. The number of halogens is 1. The zero-order chi connectivity index (χ0) is 20.3. The Kier molecular flexibility index (Phi) is 8.96. The highest BCUT2D eigenvalue weighted by molar-refractivity contribution is 5.20. The number of nitrogens with zero attached hydrogens (tertiary/aromatic N) is 1. The second-order valence-corrected chi connectivity index (χ2v) is 8.74. The van der Waals surface area contributed by atoms with Crippen LogP contribution in [0.1, 0.15) is 75.7 Å². The van der Waals surface area contributed by atoms with Gasteiger partial charge in [-0.1, -0.05) is 30.4 Å². The fourth-order valence-corrected chi connectivity index (χ4v) is 4.86. The lowest BCUT2D eigenvalue weighted by molar-refractivity contribution is -0.00824. The highest BCUT2D eigenvalue weighted by Crippen LogP contribution is 2.37.